The summed E-state index contributed by atoms with van der Waals surface area (Å²) in [5.74, 6) is 0.915. The fourth-order valence-electron chi connectivity index (χ4n) is 1.89. The Morgan fingerprint density at radius 3 is 2.68 bits per heavy atom. The zero-order chi connectivity index (χ0) is 13.7. The third-order valence-corrected chi connectivity index (χ3v) is 3.16. The van der Waals surface area contributed by atoms with Gasteiger partial charge in [-0.25, -0.2) is 0 Å². The van der Waals surface area contributed by atoms with Crippen molar-refractivity contribution in [2.45, 2.75) is 12.8 Å². The molecule has 0 fully saturated rings. The van der Waals surface area contributed by atoms with Gasteiger partial charge in [-0.15, -0.1) is 0 Å². The van der Waals surface area contributed by atoms with Crippen LogP contribution >= 0.6 is 11.6 Å². The van der Waals surface area contributed by atoms with E-state index in [1.54, 1.807) is 31.4 Å². The number of Topliss-reactive ketones (excluding diaryl/α,β-unsaturated/α-hetero) is 1. The van der Waals surface area contributed by atoms with Crippen LogP contribution in [-0.2, 0) is 6.42 Å². The van der Waals surface area contributed by atoms with Gasteiger partial charge in [-0.3, -0.25) is 4.79 Å². The van der Waals surface area contributed by atoms with Crippen LogP contribution in [0.25, 0.3) is 0 Å². The molecule has 0 N–H and O–H groups in total. The zero-order valence-corrected chi connectivity index (χ0v) is 11.5. The molecule has 98 valence electrons. The number of ketones is 1. The van der Waals surface area contributed by atoms with Crippen molar-refractivity contribution in [2.24, 2.45) is 0 Å². The molecule has 0 atom stereocenters. The van der Waals surface area contributed by atoms with E-state index < -0.39 is 0 Å². The summed E-state index contributed by atoms with van der Waals surface area (Å²) in [6, 6.07) is 14.8. The van der Waals surface area contributed by atoms with Gasteiger partial charge in [-0.05, 0) is 36.2 Å². The van der Waals surface area contributed by atoms with Crippen LogP contribution in [0.1, 0.15) is 22.3 Å². The minimum atomic E-state index is 0.102. The lowest BCUT2D eigenvalue weighted by atomic mass is 10.0. The Morgan fingerprint density at radius 1 is 1.16 bits per heavy atom. The Hall–Kier alpha value is -1.80. The summed E-state index contributed by atoms with van der Waals surface area (Å²) in [4.78, 5) is 12.0. The van der Waals surface area contributed by atoms with Gasteiger partial charge in [0.2, 0.25) is 0 Å². The number of carbonyl (C=O) groups is 1. The van der Waals surface area contributed by atoms with Crippen LogP contribution in [0.5, 0.6) is 5.75 Å². The average molecular weight is 275 g/mol. The molecule has 2 nitrogen and oxygen atoms in total. The average Bonchev–Trinajstić information content (AvgIpc) is 2.45. The van der Waals surface area contributed by atoms with Gasteiger partial charge >= 0.3 is 0 Å². The van der Waals surface area contributed by atoms with Gasteiger partial charge < -0.3 is 4.74 Å². The summed E-state index contributed by atoms with van der Waals surface area (Å²) < 4.78 is 5.16. The number of hydrogen-bond acceptors (Lipinski definition) is 2. The molecule has 0 saturated carbocycles. The van der Waals surface area contributed by atoms with Crippen LogP contribution in [-0.4, -0.2) is 12.9 Å². The second-order valence-corrected chi connectivity index (χ2v) is 4.72. The molecular formula is C16H15ClO2. The van der Waals surface area contributed by atoms with Crippen molar-refractivity contribution in [1.82, 2.24) is 0 Å². The molecule has 3 heteroatoms. The number of methoxy groups -OCH3 is 1. The summed E-state index contributed by atoms with van der Waals surface area (Å²) in [6.07, 6.45) is 1.16. The van der Waals surface area contributed by atoms with E-state index in [2.05, 4.69) is 0 Å². The Labute approximate surface area is 118 Å². The highest BCUT2D eigenvalue weighted by Crippen LogP contribution is 2.16. The number of hydrogen-bond donors (Lipinski definition) is 0. The van der Waals surface area contributed by atoms with E-state index in [-0.39, 0.29) is 5.78 Å². The van der Waals surface area contributed by atoms with Crippen molar-refractivity contribution in [3.63, 3.8) is 0 Å². The summed E-state index contributed by atoms with van der Waals surface area (Å²) >= 11 is 5.88. The number of ether oxygens (including phenoxy) is 1. The lowest BCUT2D eigenvalue weighted by molar-refractivity contribution is 0.0983. The van der Waals surface area contributed by atoms with Crippen LogP contribution < -0.4 is 4.74 Å². The first-order chi connectivity index (χ1) is 9.19. The van der Waals surface area contributed by atoms with E-state index in [9.17, 15) is 4.79 Å². The highest BCUT2D eigenvalue weighted by atomic mass is 35.5. The Bertz CT molecular complexity index is 578. The van der Waals surface area contributed by atoms with E-state index in [4.69, 9.17) is 16.3 Å². The van der Waals surface area contributed by atoms with Gasteiger partial charge in [0.05, 0.1) is 7.11 Å². The number of benzene rings is 2. The first-order valence-electron chi connectivity index (χ1n) is 6.11. The zero-order valence-electron chi connectivity index (χ0n) is 10.7. The van der Waals surface area contributed by atoms with Crippen LogP contribution in [0.3, 0.4) is 0 Å². The van der Waals surface area contributed by atoms with E-state index in [0.717, 1.165) is 11.3 Å². The third kappa shape index (κ3) is 3.83. The summed E-state index contributed by atoms with van der Waals surface area (Å²) in [6.45, 7) is 0. The fourth-order valence-corrected chi connectivity index (χ4v) is 2.08. The molecule has 2 aromatic carbocycles. The van der Waals surface area contributed by atoms with Crippen molar-refractivity contribution in [2.75, 3.05) is 7.11 Å². The van der Waals surface area contributed by atoms with Crippen molar-refractivity contribution < 1.29 is 9.53 Å². The highest BCUT2D eigenvalue weighted by molar-refractivity contribution is 6.31. The van der Waals surface area contributed by atoms with Gasteiger partial charge in [0.25, 0.3) is 0 Å². The molecule has 0 unspecified atom stereocenters. The van der Waals surface area contributed by atoms with Crippen LogP contribution in [0.15, 0.2) is 48.5 Å². The number of aryl methyl sites for hydroxylation is 1. The van der Waals surface area contributed by atoms with Gasteiger partial charge in [-0.2, -0.15) is 0 Å². The molecular weight excluding hydrogens is 260 g/mol. The maximum atomic E-state index is 12.0. The number of halogens is 1. The topological polar surface area (TPSA) is 26.3 Å². The highest BCUT2D eigenvalue weighted by Gasteiger charge is 2.07. The minimum Gasteiger partial charge on any atom is -0.497 e. The van der Waals surface area contributed by atoms with E-state index in [1.165, 1.54) is 0 Å². The van der Waals surface area contributed by atoms with E-state index in [1.807, 2.05) is 24.3 Å². The molecule has 0 heterocycles. The predicted molar refractivity (Wildman–Crippen MR) is 77.1 cm³/mol. The maximum Gasteiger partial charge on any atom is 0.163 e. The number of rotatable bonds is 5. The molecule has 0 bridgehead atoms. The molecule has 2 rings (SSSR count). The first kappa shape index (κ1) is 13.6. The molecule has 2 aromatic rings. The maximum absolute atomic E-state index is 12.0. The van der Waals surface area contributed by atoms with Gasteiger partial charge in [0, 0.05) is 17.0 Å². The largest absolute Gasteiger partial charge is 0.497 e. The smallest absolute Gasteiger partial charge is 0.163 e. The summed E-state index contributed by atoms with van der Waals surface area (Å²) in [5, 5.41) is 0.590. The third-order valence-electron chi connectivity index (χ3n) is 2.92. The Morgan fingerprint density at radius 2 is 1.95 bits per heavy atom. The number of carbonyl (C=O) groups excluding carboxylic acids is 1. The molecule has 19 heavy (non-hydrogen) atoms. The lowest BCUT2D eigenvalue weighted by Crippen LogP contribution is -2.01. The van der Waals surface area contributed by atoms with Gasteiger partial charge in [-0.1, -0.05) is 35.9 Å². The van der Waals surface area contributed by atoms with Crippen LogP contribution in [0.2, 0.25) is 5.02 Å². The van der Waals surface area contributed by atoms with Crippen LogP contribution in [0.4, 0.5) is 0 Å². The van der Waals surface area contributed by atoms with E-state index >= 15 is 0 Å². The van der Waals surface area contributed by atoms with Gasteiger partial charge in [0.15, 0.2) is 5.78 Å². The summed E-state index contributed by atoms with van der Waals surface area (Å²) in [7, 11) is 1.64. The fraction of sp³-hybridized carbons (Fsp3) is 0.188. The SMILES string of the molecule is COc1cccc(CCC(=O)c2cccc(Cl)c2)c1. The monoisotopic (exact) mass is 274 g/mol. The molecule has 0 aliphatic heterocycles. The summed E-state index contributed by atoms with van der Waals surface area (Å²) in [5.41, 5.74) is 1.75. The Balaban J connectivity index is 2.00. The van der Waals surface area contributed by atoms with Crippen molar-refractivity contribution >= 4 is 17.4 Å². The van der Waals surface area contributed by atoms with Gasteiger partial charge in [0.1, 0.15) is 5.75 Å². The predicted octanol–water partition coefficient (Wildman–Crippen LogP) is 4.16. The van der Waals surface area contributed by atoms with Crippen molar-refractivity contribution in [1.29, 1.82) is 0 Å². The molecule has 0 spiro atoms. The quantitative estimate of drug-likeness (QED) is 0.765. The molecule has 0 radical (unpaired) electrons. The standard InChI is InChI=1S/C16H15ClO2/c1-19-15-7-2-4-12(10-15)8-9-16(18)13-5-3-6-14(17)11-13/h2-7,10-11H,8-9H2,1H3. The van der Waals surface area contributed by atoms with Crippen molar-refractivity contribution in [3.05, 3.63) is 64.7 Å². The second-order valence-electron chi connectivity index (χ2n) is 4.29. The second kappa shape index (κ2) is 6.39. The van der Waals surface area contributed by atoms with Crippen LogP contribution in [0, 0.1) is 0 Å². The minimum absolute atomic E-state index is 0.102. The Kier molecular flexibility index (Phi) is 4.58. The normalized spacial score (nSPS) is 10.2. The first-order valence-corrected chi connectivity index (χ1v) is 6.48. The molecule has 0 amide bonds. The molecule has 0 aliphatic rings. The lowest BCUT2D eigenvalue weighted by Gasteiger charge is -2.04. The molecule has 0 aromatic heterocycles. The van der Waals surface area contributed by atoms with Crippen molar-refractivity contribution in [3.8, 4) is 5.75 Å². The molecule has 0 saturated heterocycles. The van der Waals surface area contributed by atoms with E-state index in [0.29, 0.717) is 23.4 Å². The molecule has 0 aliphatic carbocycles.